The van der Waals surface area contributed by atoms with Crippen LogP contribution >= 0.6 is 15.9 Å². The molecule has 3 aromatic carbocycles. The highest BCUT2D eigenvalue weighted by molar-refractivity contribution is 9.10. The van der Waals surface area contributed by atoms with Crippen molar-refractivity contribution in [3.05, 3.63) is 87.4 Å². The van der Waals surface area contributed by atoms with Crippen molar-refractivity contribution in [1.29, 1.82) is 0 Å². The van der Waals surface area contributed by atoms with Crippen LogP contribution in [0.4, 0.5) is 5.69 Å². The molecule has 0 saturated carbocycles. The van der Waals surface area contributed by atoms with Gasteiger partial charge in [0.05, 0.1) is 16.8 Å². The first-order valence-electron chi connectivity index (χ1n) is 11.5. The summed E-state index contributed by atoms with van der Waals surface area (Å²) in [5, 5.41) is 0. The molecule has 34 heavy (non-hydrogen) atoms. The third-order valence-corrected chi connectivity index (χ3v) is 6.46. The topological polar surface area (TPSA) is 34.1 Å². The van der Waals surface area contributed by atoms with Crippen molar-refractivity contribution in [2.24, 2.45) is 4.99 Å². The monoisotopic (exact) mass is 516 g/mol. The van der Waals surface area contributed by atoms with E-state index in [9.17, 15) is 0 Å². The van der Waals surface area contributed by atoms with Gasteiger partial charge in [-0.05, 0) is 70.2 Å². The fraction of sp³-hybridized carbons (Fsp3) is 0.276. The van der Waals surface area contributed by atoms with Gasteiger partial charge in [-0.15, -0.1) is 6.42 Å². The first-order chi connectivity index (χ1) is 16.5. The minimum atomic E-state index is 0.233. The van der Waals surface area contributed by atoms with E-state index < -0.39 is 0 Å². The van der Waals surface area contributed by atoms with Crippen LogP contribution in [0.3, 0.4) is 0 Å². The Hall–Kier alpha value is -3.23. The zero-order valence-corrected chi connectivity index (χ0v) is 21.4. The van der Waals surface area contributed by atoms with Crippen LogP contribution in [-0.4, -0.2) is 25.6 Å². The molecule has 3 aromatic rings. The summed E-state index contributed by atoms with van der Waals surface area (Å²) in [4.78, 5) is 7.27. The third kappa shape index (κ3) is 5.29. The molecule has 1 aliphatic rings. The average Bonchev–Trinajstić information content (AvgIpc) is 2.85. The van der Waals surface area contributed by atoms with Gasteiger partial charge < -0.3 is 14.4 Å². The van der Waals surface area contributed by atoms with E-state index in [4.69, 9.17) is 20.9 Å². The van der Waals surface area contributed by atoms with Crippen molar-refractivity contribution in [2.75, 3.05) is 24.8 Å². The van der Waals surface area contributed by atoms with Gasteiger partial charge in [0.1, 0.15) is 24.8 Å². The lowest BCUT2D eigenvalue weighted by molar-refractivity contribution is 0.338. The second-order valence-corrected chi connectivity index (χ2v) is 9.35. The van der Waals surface area contributed by atoms with Gasteiger partial charge in [0.2, 0.25) is 0 Å². The molecule has 1 heterocycles. The molecule has 4 rings (SSSR count). The highest BCUT2D eigenvalue weighted by atomic mass is 79.9. The van der Waals surface area contributed by atoms with Crippen molar-refractivity contribution < 1.29 is 9.47 Å². The molecule has 4 nitrogen and oxygen atoms in total. The minimum absolute atomic E-state index is 0.233. The van der Waals surface area contributed by atoms with Gasteiger partial charge in [0, 0.05) is 23.4 Å². The molecule has 0 aromatic heterocycles. The highest BCUT2D eigenvalue weighted by Gasteiger charge is 2.23. The van der Waals surface area contributed by atoms with E-state index in [0.717, 1.165) is 44.1 Å². The van der Waals surface area contributed by atoms with Gasteiger partial charge in [-0.1, -0.05) is 50.1 Å². The molecular formula is C29H29BrN2O2. The predicted molar refractivity (Wildman–Crippen MR) is 143 cm³/mol. The summed E-state index contributed by atoms with van der Waals surface area (Å²) < 4.78 is 12.5. The van der Waals surface area contributed by atoms with E-state index in [-0.39, 0.29) is 6.61 Å². The van der Waals surface area contributed by atoms with Crippen LogP contribution in [0.15, 0.2) is 70.1 Å². The van der Waals surface area contributed by atoms with Gasteiger partial charge in [0.15, 0.2) is 0 Å². The number of benzene rings is 3. The van der Waals surface area contributed by atoms with Crippen molar-refractivity contribution in [1.82, 2.24) is 0 Å². The number of terminal acetylenes is 1. The second-order valence-electron chi connectivity index (χ2n) is 8.49. The Labute approximate surface area is 210 Å². The van der Waals surface area contributed by atoms with E-state index in [2.05, 4.69) is 83.1 Å². The molecule has 0 fully saturated rings. The maximum Gasteiger partial charge on any atom is 0.148 e. The molecule has 1 aliphatic heterocycles. The van der Waals surface area contributed by atoms with Gasteiger partial charge in [0.25, 0.3) is 0 Å². The number of anilines is 1. The molecule has 0 aliphatic carbocycles. The lowest BCUT2D eigenvalue weighted by atomic mass is 9.95. The fourth-order valence-corrected chi connectivity index (χ4v) is 4.41. The summed E-state index contributed by atoms with van der Waals surface area (Å²) >= 11 is 3.57. The number of halogens is 1. The van der Waals surface area contributed by atoms with Crippen molar-refractivity contribution in [3.8, 4) is 23.8 Å². The number of ether oxygens (including phenoxy) is 2. The molecule has 0 spiro atoms. The Morgan fingerprint density at radius 3 is 2.56 bits per heavy atom. The molecule has 0 unspecified atom stereocenters. The van der Waals surface area contributed by atoms with Gasteiger partial charge in [-0.25, -0.2) is 0 Å². The molecular weight excluding hydrogens is 488 g/mol. The zero-order valence-electron chi connectivity index (χ0n) is 19.8. The Morgan fingerprint density at radius 1 is 1.06 bits per heavy atom. The van der Waals surface area contributed by atoms with Crippen LogP contribution in [0.25, 0.3) is 0 Å². The minimum Gasteiger partial charge on any atom is -0.493 e. The molecule has 0 amide bonds. The van der Waals surface area contributed by atoms with E-state index in [1.807, 2.05) is 25.1 Å². The predicted octanol–water partition coefficient (Wildman–Crippen LogP) is 6.80. The third-order valence-electron chi connectivity index (χ3n) is 5.81. The summed E-state index contributed by atoms with van der Waals surface area (Å²) in [6.45, 7) is 8.54. The van der Waals surface area contributed by atoms with Crippen LogP contribution in [0.5, 0.6) is 11.5 Å². The van der Waals surface area contributed by atoms with Gasteiger partial charge in [-0.3, -0.25) is 4.99 Å². The average molecular weight is 517 g/mol. The SMILES string of the molecule is C#CCOc1ccc2c(c1)C(c1ccc(C(C)C)cc1)=NCN2Cc1ccc(Br)c(OCC)c1. The maximum absolute atomic E-state index is 5.76. The summed E-state index contributed by atoms with van der Waals surface area (Å²) in [5.41, 5.74) is 6.70. The smallest absolute Gasteiger partial charge is 0.148 e. The molecule has 0 bridgehead atoms. The van der Waals surface area contributed by atoms with Crippen LogP contribution in [0, 0.1) is 12.3 Å². The standard InChI is InChI=1S/C29H29BrN2O2/c1-5-15-34-24-12-14-27-25(17-24)29(23-10-8-22(9-11-23)20(3)4)31-19-32(27)18-21-7-13-26(30)28(16-21)33-6-2/h1,7-14,16-17,20H,6,15,18-19H2,2-4H3. The Kier molecular flexibility index (Phi) is 7.59. The van der Waals surface area contributed by atoms with E-state index in [1.165, 1.54) is 5.56 Å². The number of rotatable bonds is 8. The van der Waals surface area contributed by atoms with E-state index >= 15 is 0 Å². The lowest BCUT2D eigenvalue weighted by Gasteiger charge is -2.31. The summed E-state index contributed by atoms with van der Waals surface area (Å²) in [6.07, 6.45) is 5.40. The number of hydrogen-bond donors (Lipinski definition) is 0. The largest absolute Gasteiger partial charge is 0.493 e. The normalized spacial score (nSPS) is 12.7. The fourth-order valence-electron chi connectivity index (χ4n) is 4.05. The van der Waals surface area contributed by atoms with Crippen molar-refractivity contribution >= 4 is 27.3 Å². The van der Waals surface area contributed by atoms with Gasteiger partial charge >= 0.3 is 0 Å². The molecule has 0 saturated heterocycles. The molecule has 0 radical (unpaired) electrons. The second kappa shape index (κ2) is 10.8. The first kappa shape index (κ1) is 23.9. The molecule has 0 atom stereocenters. The Bertz CT molecular complexity index is 1230. The summed E-state index contributed by atoms with van der Waals surface area (Å²) in [5.74, 6) is 4.62. The Morgan fingerprint density at radius 2 is 1.85 bits per heavy atom. The summed E-state index contributed by atoms with van der Waals surface area (Å²) in [7, 11) is 0. The van der Waals surface area contributed by atoms with E-state index in [1.54, 1.807) is 0 Å². The molecule has 5 heteroatoms. The number of hydrogen-bond acceptors (Lipinski definition) is 4. The number of fused-ring (bicyclic) bond motifs is 1. The zero-order chi connectivity index (χ0) is 24.1. The number of aliphatic imine (C=N–C) groups is 1. The Balaban J connectivity index is 1.69. The van der Waals surface area contributed by atoms with Gasteiger partial charge in [-0.2, -0.15) is 0 Å². The molecule has 174 valence electrons. The number of nitrogens with zero attached hydrogens (tertiary/aromatic N) is 2. The van der Waals surface area contributed by atoms with Crippen LogP contribution in [-0.2, 0) is 6.54 Å². The highest BCUT2D eigenvalue weighted by Crippen LogP contribution is 2.34. The van der Waals surface area contributed by atoms with Crippen LogP contribution < -0.4 is 14.4 Å². The quantitative estimate of drug-likeness (QED) is 0.308. The summed E-state index contributed by atoms with van der Waals surface area (Å²) in [6, 6.07) is 21.0. The molecule has 0 N–H and O–H groups in total. The van der Waals surface area contributed by atoms with Crippen molar-refractivity contribution in [2.45, 2.75) is 33.2 Å². The van der Waals surface area contributed by atoms with Crippen molar-refractivity contribution in [3.63, 3.8) is 0 Å². The lowest BCUT2D eigenvalue weighted by Crippen LogP contribution is -2.29. The van der Waals surface area contributed by atoms with Crippen LogP contribution in [0.1, 0.15) is 48.9 Å². The van der Waals surface area contributed by atoms with Crippen LogP contribution in [0.2, 0.25) is 0 Å². The van der Waals surface area contributed by atoms with E-state index in [0.29, 0.717) is 25.7 Å². The maximum atomic E-state index is 5.76. The first-order valence-corrected chi connectivity index (χ1v) is 12.3.